The highest BCUT2D eigenvalue weighted by atomic mass is 32.2. The summed E-state index contributed by atoms with van der Waals surface area (Å²) in [7, 11) is 0. The molecule has 0 heterocycles. The van der Waals surface area contributed by atoms with Gasteiger partial charge in [-0.05, 0) is 38.0 Å². The van der Waals surface area contributed by atoms with Gasteiger partial charge in [0.25, 0.3) is 0 Å². The van der Waals surface area contributed by atoms with Crippen LogP contribution in [-0.2, 0) is 6.42 Å². The van der Waals surface area contributed by atoms with Gasteiger partial charge in [0.1, 0.15) is 0 Å². The van der Waals surface area contributed by atoms with E-state index in [0.29, 0.717) is 12.1 Å². The van der Waals surface area contributed by atoms with Crippen molar-refractivity contribution in [3.8, 4) is 0 Å². The lowest BCUT2D eigenvalue weighted by atomic mass is 9.93. The van der Waals surface area contributed by atoms with Crippen LogP contribution < -0.4 is 5.32 Å². The van der Waals surface area contributed by atoms with Gasteiger partial charge in [0, 0.05) is 17.3 Å². The third-order valence-corrected chi connectivity index (χ3v) is 5.06. The average Bonchev–Trinajstić information content (AvgIpc) is 2.40. The topological polar surface area (TPSA) is 12.0 Å². The van der Waals surface area contributed by atoms with E-state index in [1.165, 1.54) is 31.2 Å². The lowest BCUT2D eigenvalue weighted by Gasteiger charge is -2.33. The fourth-order valence-corrected chi connectivity index (χ4v) is 3.91. The molecule has 0 radical (unpaired) electrons. The Labute approximate surface area is 116 Å². The molecule has 0 bridgehead atoms. The summed E-state index contributed by atoms with van der Waals surface area (Å²) in [6.07, 6.45) is 8.94. The summed E-state index contributed by atoms with van der Waals surface area (Å²) in [6, 6.07) is 12.1. The highest BCUT2D eigenvalue weighted by molar-refractivity contribution is 7.99. The largest absolute Gasteiger partial charge is 0.310 e. The minimum Gasteiger partial charge on any atom is -0.310 e. The normalized spacial score (nSPS) is 25.9. The minimum absolute atomic E-state index is 0.574. The summed E-state index contributed by atoms with van der Waals surface area (Å²) in [5.74, 6) is 0. The number of nitrogens with one attached hydrogen (secondary N) is 1. The van der Waals surface area contributed by atoms with E-state index in [-0.39, 0.29) is 0 Å². The number of thioether (sulfide) groups is 1. The summed E-state index contributed by atoms with van der Waals surface area (Å²) >= 11 is 2.04. The molecule has 0 aliphatic heterocycles. The third kappa shape index (κ3) is 4.03. The molecule has 1 nitrogen and oxygen atoms in total. The van der Waals surface area contributed by atoms with E-state index in [0.717, 1.165) is 11.7 Å². The van der Waals surface area contributed by atoms with Crippen LogP contribution in [0.3, 0.4) is 0 Å². The van der Waals surface area contributed by atoms with Gasteiger partial charge in [0.15, 0.2) is 0 Å². The first-order valence-electron chi connectivity index (χ1n) is 7.12. The van der Waals surface area contributed by atoms with Crippen LogP contribution in [0.5, 0.6) is 0 Å². The van der Waals surface area contributed by atoms with Gasteiger partial charge < -0.3 is 5.32 Å². The third-order valence-electron chi connectivity index (χ3n) is 3.89. The maximum absolute atomic E-state index is 3.85. The second-order valence-corrected chi connectivity index (χ2v) is 6.50. The Morgan fingerprint density at radius 3 is 2.67 bits per heavy atom. The molecule has 1 N–H and O–H groups in total. The Hall–Kier alpha value is -0.470. The first-order chi connectivity index (χ1) is 8.79. The van der Waals surface area contributed by atoms with Gasteiger partial charge in [-0.25, -0.2) is 0 Å². The molecule has 0 saturated heterocycles. The summed E-state index contributed by atoms with van der Waals surface area (Å²) < 4.78 is 0. The van der Waals surface area contributed by atoms with Gasteiger partial charge in [0.2, 0.25) is 0 Å². The monoisotopic (exact) mass is 263 g/mol. The fourth-order valence-electron chi connectivity index (χ4n) is 2.96. The quantitative estimate of drug-likeness (QED) is 0.865. The molecule has 3 atom stereocenters. The van der Waals surface area contributed by atoms with Crippen LogP contribution in [0.2, 0.25) is 0 Å². The van der Waals surface area contributed by atoms with Crippen molar-refractivity contribution in [2.24, 2.45) is 0 Å². The van der Waals surface area contributed by atoms with E-state index in [1.54, 1.807) is 0 Å². The van der Waals surface area contributed by atoms with Crippen LogP contribution >= 0.6 is 11.8 Å². The number of benzene rings is 1. The zero-order valence-electron chi connectivity index (χ0n) is 11.6. The molecular formula is C16H25NS. The first-order valence-corrected chi connectivity index (χ1v) is 8.41. The minimum atomic E-state index is 0.574. The molecule has 1 fully saturated rings. The molecule has 2 heteroatoms. The molecular weight excluding hydrogens is 238 g/mol. The number of rotatable bonds is 5. The maximum Gasteiger partial charge on any atom is 0.0198 e. The van der Waals surface area contributed by atoms with Crippen molar-refractivity contribution in [1.82, 2.24) is 5.32 Å². The lowest BCUT2D eigenvalue weighted by molar-refractivity contribution is 0.352. The Morgan fingerprint density at radius 2 is 1.94 bits per heavy atom. The zero-order valence-corrected chi connectivity index (χ0v) is 12.4. The molecule has 1 aliphatic carbocycles. The molecule has 0 spiro atoms. The van der Waals surface area contributed by atoms with E-state index < -0.39 is 0 Å². The molecule has 1 aliphatic rings. The molecule has 1 saturated carbocycles. The predicted molar refractivity (Wildman–Crippen MR) is 82.3 cm³/mol. The van der Waals surface area contributed by atoms with Gasteiger partial charge in [0.05, 0.1) is 0 Å². The van der Waals surface area contributed by atoms with Gasteiger partial charge in [-0.15, -0.1) is 0 Å². The van der Waals surface area contributed by atoms with Gasteiger partial charge in [-0.1, -0.05) is 43.2 Å². The molecule has 0 aromatic heterocycles. The molecule has 3 unspecified atom stereocenters. The van der Waals surface area contributed by atoms with Crippen molar-refractivity contribution < 1.29 is 0 Å². The van der Waals surface area contributed by atoms with Crippen LogP contribution in [0.25, 0.3) is 0 Å². The standard InChI is InChI=1S/C16H25NS/c1-13(12-14-8-4-3-5-9-14)17-15-10-6-7-11-16(15)18-2/h3-5,8-9,13,15-17H,6-7,10-12H2,1-2H3. The van der Waals surface area contributed by atoms with E-state index in [4.69, 9.17) is 0 Å². The zero-order chi connectivity index (χ0) is 12.8. The van der Waals surface area contributed by atoms with Gasteiger partial charge in [-0.2, -0.15) is 11.8 Å². The van der Waals surface area contributed by atoms with Crippen molar-refractivity contribution in [2.75, 3.05) is 6.26 Å². The van der Waals surface area contributed by atoms with Crippen LogP contribution in [0, 0.1) is 0 Å². The van der Waals surface area contributed by atoms with Crippen LogP contribution in [-0.4, -0.2) is 23.6 Å². The van der Waals surface area contributed by atoms with Crippen LogP contribution in [0.15, 0.2) is 30.3 Å². The van der Waals surface area contributed by atoms with E-state index in [2.05, 4.69) is 48.8 Å². The van der Waals surface area contributed by atoms with E-state index in [1.807, 2.05) is 11.8 Å². The van der Waals surface area contributed by atoms with Crippen molar-refractivity contribution >= 4 is 11.8 Å². The maximum atomic E-state index is 3.85. The van der Waals surface area contributed by atoms with E-state index in [9.17, 15) is 0 Å². The second-order valence-electron chi connectivity index (χ2n) is 5.42. The summed E-state index contributed by atoms with van der Waals surface area (Å²) in [6.45, 7) is 2.32. The Bertz CT molecular complexity index is 338. The molecule has 1 aromatic carbocycles. The van der Waals surface area contributed by atoms with Gasteiger partial charge in [-0.3, -0.25) is 0 Å². The number of hydrogen-bond donors (Lipinski definition) is 1. The molecule has 18 heavy (non-hydrogen) atoms. The number of hydrogen-bond acceptors (Lipinski definition) is 2. The van der Waals surface area contributed by atoms with Crippen molar-refractivity contribution in [3.05, 3.63) is 35.9 Å². The predicted octanol–water partition coefficient (Wildman–Crippen LogP) is 3.88. The Kier molecular flexibility index (Phi) is 5.58. The molecule has 2 rings (SSSR count). The highest BCUT2D eigenvalue weighted by Gasteiger charge is 2.25. The first kappa shape index (κ1) is 14.0. The Morgan fingerprint density at radius 1 is 1.22 bits per heavy atom. The van der Waals surface area contributed by atoms with Crippen LogP contribution in [0.4, 0.5) is 0 Å². The molecule has 100 valence electrons. The van der Waals surface area contributed by atoms with Crippen LogP contribution in [0.1, 0.15) is 38.2 Å². The average molecular weight is 263 g/mol. The second kappa shape index (κ2) is 7.20. The molecule has 1 aromatic rings. The van der Waals surface area contributed by atoms with Gasteiger partial charge >= 0.3 is 0 Å². The fraction of sp³-hybridized carbons (Fsp3) is 0.625. The molecule has 0 amide bonds. The van der Waals surface area contributed by atoms with Crippen molar-refractivity contribution in [2.45, 2.75) is 56.4 Å². The summed E-state index contributed by atoms with van der Waals surface area (Å²) in [4.78, 5) is 0. The van der Waals surface area contributed by atoms with Crippen molar-refractivity contribution in [3.63, 3.8) is 0 Å². The highest BCUT2D eigenvalue weighted by Crippen LogP contribution is 2.27. The summed E-state index contributed by atoms with van der Waals surface area (Å²) in [5, 5.41) is 4.66. The van der Waals surface area contributed by atoms with E-state index >= 15 is 0 Å². The Balaban J connectivity index is 1.84. The van der Waals surface area contributed by atoms with Crippen molar-refractivity contribution in [1.29, 1.82) is 0 Å². The lowest BCUT2D eigenvalue weighted by Crippen LogP contribution is -2.45. The SMILES string of the molecule is CSC1CCCCC1NC(C)Cc1ccccc1. The summed E-state index contributed by atoms with van der Waals surface area (Å²) in [5.41, 5.74) is 1.44. The smallest absolute Gasteiger partial charge is 0.0198 e.